The van der Waals surface area contributed by atoms with E-state index in [-0.39, 0.29) is 12.1 Å². The van der Waals surface area contributed by atoms with E-state index in [0.717, 1.165) is 4.90 Å². The second-order valence-corrected chi connectivity index (χ2v) is 6.52. The van der Waals surface area contributed by atoms with E-state index in [1.807, 2.05) is 77.1 Å². The lowest BCUT2D eigenvalue weighted by atomic mass is 10.2. The maximum Gasteiger partial charge on any atom is 0.421 e. The van der Waals surface area contributed by atoms with Gasteiger partial charge in [0.25, 0.3) is 0 Å². The molecule has 1 atom stereocenters. The van der Waals surface area contributed by atoms with Crippen LogP contribution in [0.1, 0.15) is 34.6 Å². The maximum absolute atomic E-state index is 12.3. The summed E-state index contributed by atoms with van der Waals surface area (Å²) in [5.41, 5.74) is -0.498. The van der Waals surface area contributed by atoms with Crippen molar-refractivity contribution in [2.24, 2.45) is 0 Å². The van der Waals surface area contributed by atoms with E-state index in [1.165, 1.54) is 11.9 Å². The van der Waals surface area contributed by atoms with Gasteiger partial charge in [0.05, 0.1) is 6.04 Å². The van der Waals surface area contributed by atoms with Crippen molar-refractivity contribution in [3.63, 3.8) is 0 Å². The Kier molecular flexibility index (Phi) is 6.14. The summed E-state index contributed by atoms with van der Waals surface area (Å²) in [6.07, 6.45) is 3.59. The lowest BCUT2D eigenvalue weighted by Gasteiger charge is -2.29. The lowest BCUT2D eigenvalue weighted by Crippen LogP contribution is -2.36. The van der Waals surface area contributed by atoms with Crippen LogP contribution in [0.3, 0.4) is 0 Å². The molecule has 0 saturated carbocycles. The molecule has 1 unspecified atom stereocenters. The zero-order valence-corrected chi connectivity index (χ0v) is 13.6. The Morgan fingerprint density at radius 2 is 1.90 bits per heavy atom. The summed E-state index contributed by atoms with van der Waals surface area (Å²) in [6.45, 7) is 9.53. The molecule has 0 fully saturated rings. The Bertz CT molecular complexity index is 451. The number of carbonyl (C=O) groups is 1. The van der Waals surface area contributed by atoms with Gasteiger partial charge in [-0.1, -0.05) is 30.4 Å². The molecule has 0 N–H and O–H groups in total. The molecular formula is C16H23NO2S. The zero-order chi connectivity index (χ0) is 15.2. The minimum Gasteiger partial charge on any atom is -0.443 e. The third kappa shape index (κ3) is 5.70. The summed E-state index contributed by atoms with van der Waals surface area (Å²) in [7, 11) is 0. The molecule has 0 aliphatic carbocycles. The van der Waals surface area contributed by atoms with Gasteiger partial charge in [-0.3, -0.25) is 0 Å². The Hall–Kier alpha value is -1.42. The first kappa shape index (κ1) is 16.6. The molecule has 110 valence electrons. The minimum absolute atomic E-state index is 0.0416. The van der Waals surface area contributed by atoms with Crippen molar-refractivity contribution in [3.05, 3.63) is 42.5 Å². The van der Waals surface area contributed by atoms with Crippen molar-refractivity contribution in [2.75, 3.05) is 0 Å². The molecule has 1 rings (SSSR count). The molecule has 1 amide bonds. The molecule has 4 heteroatoms. The number of nitrogens with zero attached hydrogens (tertiary/aromatic N) is 1. The smallest absolute Gasteiger partial charge is 0.421 e. The largest absolute Gasteiger partial charge is 0.443 e. The van der Waals surface area contributed by atoms with E-state index in [1.54, 1.807) is 4.31 Å². The normalized spacial score (nSPS) is 13.2. The van der Waals surface area contributed by atoms with Crippen LogP contribution in [0.15, 0.2) is 47.4 Å². The second-order valence-electron chi connectivity index (χ2n) is 5.48. The highest BCUT2D eigenvalue weighted by atomic mass is 32.2. The maximum atomic E-state index is 12.3. The summed E-state index contributed by atoms with van der Waals surface area (Å²) >= 11 is 1.39. The average Bonchev–Trinajstić information content (AvgIpc) is 2.35. The average molecular weight is 293 g/mol. The van der Waals surface area contributed by atoms with Crippen molar-refractivity contribution in [1.82, 2.24) is 4.31 Å². The number of hydrogen-bond donors (Lipinski definition) is 0. The van der Waals surface area contributed by atoms with Gasteiger partial charge in [-0.25, -0.2) is 9.10 Å². The molecule has 0 heterocycles. The van der Waals surface area contributed by atoms with E-state index in [2.05, 4.69) is 0 Å². The number of allylic oxidation sites excluding steroid dienone is 1. The van der Waals surface area contributed by atoms with Gasteiger partial charge in [0.15, 0.2) is 0 Å². The molecule has 0 radical (unpaired) electrons. The van der Waals surface area contributed by atoms with E-state index >= 15 is 0 Å². The third-order valence-corrected chi connectivity index (χ3v) is 3.52. The first-order chi connectivity index (χ1) is 9.33. The zero-order valence-electron chi connectivity index (χ0n) is 12.8. The Labute approximate surface area is 126 Å². The van der Waals surface area contributed by atoms with E-state index in [9.17, 15) is 4.79 Å². The van der Waals surface area contributed by atoms with Crippen molar-refractivity contribution in [2.45, 2.75) is 51.2 Å². The highest BCUT2D eigenvalue weighted by molar-refractivity contribution is 7.97. The lowest BCUT2D eigenvalue weighted by molar-refractivity contribution is 0.0384. The molecule has 0 spiro atoms. The second kappa shape index (κ2) is 7.39. The van der Waals surface area contributed by atoms with E-state index < -0.39 is 5.60 Å². The van der Waals surface area contributed by atoms with E-state index in [0.29, 0.717) is 0 Å². The Morgan fingerprint density at radius 3 is 2.40 bits per heavy atom. The Morgan fingerprint density at radius 1 is 1.30 bits per heavy atom. The molecule has 0 aliphatic rings. The number of benzene rings is 1. The fraction of sp³-hybridized carbons (Fsp3) is 0.438. The highest BCUT2D eigenvalue weighted by Crippen LogP contribution is 2.27. The Balaban J connectivity index is 2.88. The molecule has 3 nitrogen and oxygen atoms in total. The minimum atomic E-state index is -0.498. The summed E-state index contributed by atoms with van der Waals surface area (Å²) in [6, 6.07) is 9.78. The number of ether oxygens (including phenoxy) is 1. The van der Waals surface area contributed by atoms with Crippen LogP contribution in [-0.4, -0.2) is 22.0 Å². The van der Waals surface area contributed by atoms with Gasteiger partial charge in [-0.15, -0.1) is 0 Å². The van der Waals surface area contributed by atoms with Crippen LogP contribution in [-0.2, 0) is 4.74 Å². The number of rotatable bonds is 4. The monoisotopic (exact) mass is 293 g/mol. The molecule has 0 saturated heterocycles. The summed E-state index contributed by atoms with van der Waals surface area (Å²) in [4.78, 5) is 13.3. The predicted molar refractivity (Wildman–Crippen MR) is 84.6 cm³/mol. The standard InChI is InChI=1S/C16H23NO2S/c1-6-10-13(2)17(15(18)19-16(3,4)5)20-14-11-8-7-9-12-14/h6-13H,1-5H3/b10-6+. The van der Waals surface area contributed by atoms with Crippen molar-refractivity contribution in [1.29, 1.82) is 0 Å². The topological polar surface area (TPSA) is 29.5 Å². The van der Waals surface area contributed by atoms with Gasteiger partial charge < -0.3 is 4.74 Å². The number of hydrogen-bond acceptors (Lipinski definition) is 3. The molecule has 20 heavy (non-hydrogen) atoms. The van der Waals surface area contributed by atoms with Crippen LogP contribution in [0.4, 0.5) is 4.79 Å². The molecule has 1 aromatic rings. The first-order valence-corrected chi connectivity index (χ1v) is 7.49. The van der Waals surface area contributed by atoms with Gasteiger partial charge >= 0.3 is 6.09 Å². The van der Waals surface area contributed by atoms with Crippen LogP contribution < -0.4 is 0 Å². The summed E-state index contributed by atoms with van der Waals surface area (Å²) < 4.78 is 7.13. The van der Waals surface area contributed by atoms with Gasteiger partial charge in [-0.05, 0) is 58.7 Å². The number of amides is 1. The quantitative estimate of drug-likeness (QED) is 0.584. The van der Waals surface area contributed by atoms with Crippen LogP contribution in [0.2, 0.25) is 0 Å². The van der Waals surface area contributed by atoms with Crippen LogP contribution in [0, 0.1) is 0 Å². The molecule has 1 aromatic carbocycles. The van der Waals surface area contributed by atoms with Crippen molar-refractivity contribution < 1.29 is 9.53 Å². The fourth-order valence-corrected chi connectivity index (χ4v) is 2.40. The predicted octanol–water partition coefficient (Wildman–Crippen LogP) is 4.90. The summed E-state index contributed by atoms with van der Waals surface area (Å²) in [5, 5.41) is 0. The van der Waals surface area contributed by atoms with E-state index in [4.69, 9.17) is 4.74 Å². The van der Waals surface area contributed by atoms with Crippen molar-refractivity contribution in [3.8, 4) is 0 Å². The van der Waals surface area contributed by atoms with Crippen LogP contribution in [0.25, 0.3) is 0 Å². The molecular weight excluding hydrogens is 270 g/mol. The van der Waals surface area contributed by atoms with Gasteiger partial charge in [0.2, 0.25) is 0 Å². The third-order valence-electron chi connectivity index (χ3n) is 2.36. The molecule has 0 aliphatic heterocycles. The fourth-order valence-electron chi connectivity index (χ4n) is 1.55. The highest BCUT2D eigenvalue weighted by Gasteiger charge is 2.26. The van der Waals surface area contributed by atoms with Gasteiger partial charge in [0, 0.05) is 4.90 Å². The van der Waals surface area contributed by atoms with Gasteiger partial charge in [0.1, 0.15) is 5.60 Å². The molecule has 0 bridgehead atoms. The first-order valence-electron chi connectivity index (χ1n) is 6.71. The number of carbonyl (C=O) groups excluding carboxylic acids is 1. The van der Waals surface area contributed by atoms with Crippen molar-refractivity contribution >= 4 is 18.0 Å². The van der Waals surface area contributed by atoms with Gasteiger partial charge in [-0.2, -0.15) is 0 Å². The summed E-state index contributed by atoms with van der Waals surface area (Å²) in [5.74, 6) is 0. The molecule has 0 aromatic heterocycles. The van der Waals surface area contributed by atoms with Crippen LogP contribution >= 0.6 is 11.9 Å². The SMILES string of the molecule is C/C=C/C(C)N(Sc1ccccc1)C(=O)OC(C)(C)C. The van der Waals surface area contributed by atoms with Crippen LogP contribution in [0.5, 0.6) is 0 Å².